The number of hydrogen-bond acceptors (Lipinski definition) is 4. The zero-order chi connectivity index (χ0) is 15.1. The molecular formula is C15H13FN2O2S. The van der Waals surface area contributed by atoms with Gasteiger partial charge in [0.15, 0.2) is 0 Å². The number of hydrogen-bond donors (Lipinski definition) is 2. The molecule has 2 N–H and O–H groups in total. The van der Waals surface area contributed by atoms with Crippen LogP contribution >= 0.6 is 11.3 Å². The molecule has 4 nitrogen and oxygen atoms in total. The Morgan fingerprint density at radius 1 is 1.48 bits per heavy atom. The van der Waals surface area contributed by atoms with E-state index in [1.54, 1.807) is 6.20 Å². The lowest BCUT2D eigenvalue weighted by molar-refractivity contribution is 0.0950. The number of nitrogens with zero attached hydrogens (tertiary/aromatic N) is 1. The van der Waals surface area contributed by atoms with E-state index in [4.69, 9.17) is 5.11 Å². The number of thiazole rings is 1. The number of carbonyl (C=O) groups is 1. The van der Waals surface area contributed by atoms with Crippen LogP contribution < -0.4 is 5.32 Å². The molecule has 0 aliphatic carbocycles. The minimum atomic E-state index is -0.498. The fourth-order valence-electron chi connectivity index (χ4n) is 1.62. The minimum absolute atomic E-state index is 0.0558. The summed E-state index contributed by atoms with van der Waals surface area (Å²) in [6.45, 7) is 0.232. The van der Waals surface area contributed by atoms with E-state index in [9.17, 15) is 9.18 Å². The van der Waals surface area contributed by atoms with Gasteiger partial charge in [0, 0.05) is 23.6 Å². The van der Waals surface area contributed by atoms with E-state index >= 15 is 0 Å². The first kappa shape index (κ1) is 15.2. The fraction of sp³-hybridized carbons (Fsp3) is 0.200. The number of carbonyl (C=O) groups excluding carboxylic acids is 1. The molecule has 21 heavy (non-hydrogen) atoms. The van der Waals surface area contributed by atoms with Crippen LogP contribution in [0.25, 0.3) is 0 Å². The number of aliphatic hydroxyl groups is 1. The van der Waals surface area contributed by atoms with Crippen molar-refractivity contribution in [2.45, 2.75) is 13.0 Å². The molecule has 0 atom stereocenters. The molecule has 0 unspecified atom stereocenters. The van der Waals surface area contributed by atoms with Gasteiger partial charge in [0.25, 0.3) is 5.91 Å². The van der Waals surface area contributed by atoms with Crippen molar-refractivity contribution in [2.75, 3.05) is 6.61 Å². The van der Waals surface area contributed by atoms with E-state index in [-0.39, 0.29) is 18.7 Å². The van der Waals surface area contributed by atoms with Gasteiger partial charge in [-0.05, 0) is 18.2 Å². The number of nitrogens with one attached hydrogen (secondary N) is 1. The Hall–Kier alpha value is -2.23. The molecular weight excluding hydrogens is 291 g/mol. The number of amides is 1. The summed E-state index contributed by atoms with van der Waals surface area (Å²) >= 11 is 1.43. The SMILES string of the molecule is O=C(NCc1nccs1)c1cc(F)ccc1C#CCCO. The molecule has 0 saturated carbocycles. The van der Waals surface area contributed by atoms with E-state index in [1.165, 1.54) is 23.5 Å². The summed E-state index contributed by atoms with van der Waals surface area (Å²) < 4.78 is 13.3. The molecule has 1 heterocycles. The van der Waals surface area contributed by atoms with Gasteiger partial charge in [-0.2, -0.15) is 0 Å². The number of benzene rings is 1. The zero-order valence-corrected chi connectivity index (χ0v) is 11.9. The third-order valence-corrected chi connectivity index (χ3v) is 3.35. The molecule has 1 aromatic carbocycles. The average Bonchev–Trinajstić information content (AvgIpc) is 3.00. The minimum Gasteiger partial charge on any atom is -0.395 e. The number of aliphatic hydroxyl groups excluding tert-OH is 1. The maximum absolute atomic E-state index is 13.3. The van der Waals surface area contributed by atoms with Crippen molar-refractivity contribution in [1.29, 1.82) is 0 Å². The van der Waals surface area contributed by atoms with E-state index in [0.29, 0.717) is 12.0 Å². The Morgan fingerprint density at radius 3 is 3.05 bits per heavy atom. The molecule has 6 heteroatoms. The first-order chi connectivity index (χ1) is 10.2. The average molecular weight is 304 g/mol. The topological polar surface area (TPSA) is 62.2 Å². The zero-order valence-electron chi connectivity index (χ0n) is 11.1. The standard InChI is InChI=1S/C15H13FN2O2S/c16-12-5-4-11(3-1-2-7-19)13(9-12)15(20)18-10-14-17-6-8-21-14/h4-6,8-9,19H,2,7,10H2,(H,18,20). The summed E-state index contributed by atoms with van der Waals surface area (Å²) in [4.78, 5) is 16.2. The van der Waals surface area contributed by atoms with Crippen LogP contribution in [0.3, 0.4) is 0 Å². The van der Waals surface area contributed by atoms with Gasteiger partial charge in [0.05, 0.1) is 18.7 Å². The van der Waals surface area contributed by atoms with Crippen LogP contribution in [-0.4, -0.2) is 22.6 Å². The Bertz CT molecular complexity index is 675. The van der Waals surface area contributed by atoms with Crippen molar-refractivity contribution in [3.8, 4) is 11.8 Å². The molecule has 0 radical (unpaired) electrons. The van der Waals surface area contributed by atoms with Gasteiger partial charge in [-0.15, -0.1) is 11.3 Å². The van der Waals surface area contributed by atoms with Crippen LogP contribution in [0, 0.1) is 17.7 Å². The summed E-state index contributed by atoms with van der Waals surface area (Å²) in [6, 6.07) is 3.86. The summed E-state index contributed by atoms with van der Waals surface area (Å²) in [6.07, 6.45) is 1.96. The van der Waals surface area contributed by atoms with Crippen molar-refractivity contribution in [2.24, 2.45) is 0 Å². The van der Waals surface area contributed by atoms with Gasteiger partial charge < -0.3 is 10.4 Å². The van der Waals surface area contributed by atoms with Gasteiger partial charge in [-0.1, -0.05) is 11.8 Å². The number of rotatable bonds is 4. The van der Waals surface area contributed by atoms with Crippen LogP contribution in [0.2, 0.25) is 0 Å². The predicted molar refractivity (Wildman–Crippen MR) is 78.3 cm³/mol. The van der Waals surface area contributed by atoms with Crippen molar-refractivity contribution in [1.82, 2.24) is 10.3 Å². The Morgan fingerprint density at radius 2 is 2.33 bits per heavy atom. The Kier molecular flexibility index (Phi) is 5.43. The maximum Gasteiger partial charge on any atom is 0.253 e. The van der Waals surface area contributed by atoms with E-state index in [0.717, 1.165) is 11.1 Å². The summed E-state index contributed by atoms with van der Waals surface area (Å²) in [7, 11) is 0. The maximum atomic E-state index is 13.3. The van der Waals surface area contributed by atoms with Crippen LogP contribution in [-0.2, 0) is 6.54 Å². The van der Waals surface area contributed by atoms with E-state index in [1.807, 2.05) is 5.38 Å². The Labute approximate surface area is 125 Å². The molecule has 108 valence electrons. The van der Waals surface area contributed by atoms with Crippen molar-refractivity contribution in [3.63, 3.8) is 0 Å². The van der Waals surface area contributed by atoms with Crippen LogP contribution in [0.15, 0.2) is 29.8 Å². The van der Waals surface area contributed by atoms with Crippen molar-refractivity contribution in [3.05, 3.63) is 51.7 Å². The summed E-state index contributed by atoms with van der Waals surface area (Å²) in [5.41, 5.74) is 0.610. The highest BCUT2D eigenvalue weighted by atomic mass is 32.1. The van der Waals surface area contributed by atoms with Crippen molar-refractivity contribution < 1.29 is 14.3 Å². The normalized spacial score (nSPS) is 9.81. The molecule has 0 aliphatic heterocycles. The third kappa shape index (κ3) is 4.38. The molecule has 2 aromatic rings. The summed E-state index contributed by atoms with van der Waals surface area (Å²) in [5, 5.41) is 14.0. The molecule has 0 fully saturated rings. The summed E-state index contributed by atoms with van der Waals surface area (Å²) in [5.74, 6) is 4.59. The third-order valence-electron chi connectivity index (χ3n) is 2.57. The highest BCUT2D eigenvalue weighted by Crippen LogP contribution is 2.11. The lowest BCUT2D eigenvalue weighted by Crippen LogP contribution is -2.23. The predicted octanol–water partition coefficient (Wildman–Crippen LogP) is 1.95. The lowest BCUT2D eigenvalue weighted by Gasteiger charge is -2.06. The smallest absolute Gasteiger partial charge is 0.253 e. The second-order valence-electron chi connectivity index (χ2n) is 4.07. The fourth-order valence-corrected chi connectivity index (χ4v) is 2.17. The second-order valence-corrected chi connectivity index (χ2v) is 5.05. The number of aromatic nitrogens is 1. The second kappa shape index (κ2) is 7.53. The number of halogens is 1. The highest BCUT2D eigenvalue weighted by molar-refractivity contribution is 7.09. The lowest BCUT2D eigenvalue weighted by atomic mass is 10.1. The molecule has 1 aromatic heterocycles. The molecule has 0 bridgehead atoms. The van der Waals surface area contributed by atoms with Gasteiger partial charge >= 0.3 is 0 Å². The first-order valence-corrected chi connectivity index (χ1v) is 7.14. The molecule has 0 saturated heterocycles. The van der Waals surface area contributed by atoms with Gasteiger partial charge in [-0.3, -0.25) is 4.79 Å². The molecule has 1 amide bonds. The monoisotopic (exact) mass is 304 g/mol. The van der Waals surface area contributed by atoms with E-state index in [2.05, 4.69) is 22.1 Å². The Balaban J connectivity index is 2.15. The van der Waals surface area contributed by atoms with E-state index < -0.39 is 11.7 Å². The molecule has 0 spiro atoms. The van der Waals surface area contributed by atoms with Gasteiger partial charge in [0.1, 0.15) is 10.8 Å². The first-order valence-electron chi connectivity index (χ1n) is 6.26. The molecule has 0 aliphatic rings. The largest absolute Gasteiger partial charge is 0.395 e. The molecule has 2 rings (SSSR count). The van der Waals surface area contributed by atoms with Gasteiger partial charge in [-0.25, -0.2) is 9.37 Å². The van der Waals surface area contributed by atoms with Gasteiger partial charge in [0.2, 0.25) is 0 Å². The quantitative estimate of drug-likeness (QED) is 0.849. The highest BCUT2D eigenvalue weighted by Gasteiger charge is 2.11. The van der Waals surface area contributed by atoms with Crippen LogP contribution in [0.5, 0.6) is 0 Å². The van der Waals surface area contributed by atoms with Crippen molar-refractivity contribution >= 4 is 17.2 Å². The van der Waals surface area contributed by atoms with Crippen LogP contribution in [0.4, 0.5) is 4.39 Å². The van der Waals surface area contributed by atoms with Crippen LogP contribution in [0.1, 0.15) is 27.3 Å².